The van der Waals surface area contributed by atoms with E-state index >= 15 is 0 Å². The first-order chi connectivity index (χ1) is 12.1. The van der Waals surface area contributed by atoms with Gasteiger partial charge in [-0.05, 0) is 63.3 Å². The molecule has 25 heavy (non-hydrogen) atoms. The van der Waals surface area contributed by atoms with Crippen molar-refractivity contribution in [3.05, 3.63) is 35.4 Å². The van der Waals surface area contributed by atoms with Crippen LogP contribution in [0.2, 0.25) is 0 Å². The average molecular weight is 350 g/mol. The minimum Gasteiger partial charge on any atom is -0.357 e. The molecule has 2 atom stereocenters. The maximum absolute atomic E-state index is 13.7. The Balaban J connectivity index is 1.55. The molecule has 2 aliphatic rings. The molecular formula is C19H28F2N4. The van der Waals surface area contributed by atoms with Gasteiger partial charge in [0, 0.05) is 37.8 Å². The first-order valence-electron chi connectivity index (χ1n) is 9.31. The van der Waals surface area contributed by atoms with Crippen molar-refractivity contribution in [1.29, 1.82) is 0 Å². The van der Waals surface area contributed by atoms with E-state index in [2.05, 4.69) is 27.4 Å². The molecule has 1 saturated carbocycles. The molecule has 1 aromatic carbocycles. The van der Waals surface area contributed by atoms with Crippen LogP contribution in [-0.4, -0.2) is 48.6 Å². The van der Waals surface area contributed by atoms with Crippen LogP contribution in [-0.2, 0) is 6.42 Å². The number of guanidine groups is 1. The zero-order valence-corrected chi connectivity index (χ0v) is 15.1. The Kier molecular flexibility index (Phi) is 5.89. The second-order valence-corrected chi connectivity index (χ2v) is 7.10. The third-order valence-corrected chi connectivity index (χ3v) is 4.98. The van der Waals surface area contributed by atoms with Crippen LogP contribution in [0.1, 0.15) is 38.7 Å². The molecule has 2 unspecified atom stereocenters. The maximum Gasteiger partial charge on any atom is 0.191 e. The molecule has 138 valence electrons. The number of hydrogen-bond donors (Lipinski definition) is 2. The van der Waals surface area contributed by atoms with Gasteiger partial charge in [0.2, 0.25) is 0 Å². The summed E-state index contributed by atoms with van der Waals surface area (Å²) in [6.07, 6.45) is 4.14. The van der Waals surface area contributed by atoms with Gasteiger partial charge in [0.25, 0.3) is 0 Å². The van der Waals surface area contributed by atoms with Gasteiger partial charge in [-0.3, -0.25) is 9.89 Å². The lowest BCUT2D eigenvalue weighted by Gasteiger charge is -2.20. The van der Waals surface area contributed by atoms with Gasteiger partial charge in [-0.2, -0.15) is 0 Å². The second-order valence-electron chi connectivity index (χ2n) is 7.10. The zero-order chi connectivity index (χ0) is 17.8. The van der Waals surface area contributed by atoms with Crippen LogP contribution in [0.25, 0.3) is 0 Å². The Morgan fingerprint density at radius 2 is 2.12 bits per heavy atom. The normalized spacial score (nSPS) is 24.6. The van der Waals surface area contributed by atoms with Crippen LogP contribution in [0, 0.1) is 11.6 Å². The van der Waals surface area contributed by atoms with Crippen LogP contribution in [0.5, 0.6) is 0 Å². The Labute approximate surface area is 148 Å². The summed E-state index contributed by atoms with van der Waals surface area (Å²) < 4.78 is 26.9. The molecule has 3 rings (SSSR count). The van der Waals surface area contributed by atoms with Crippen molar-refractivity contribution in [2.24, 2.45) is 4.99 Å². The van der Waals surface area contributed by atoms with Gasteiger partial charge in [0.05, 0.1) is 0 Å². The number of likely N-dealkylation sites (tertiary alicyclic amines) is 1. The number of nitrogens with one attached hydrogen (secondary N) is 2. The smallest absolute Gasteiger partial charge is 0.191 e. The quantitative estimate of drug-likeness (QED) is 0.612. The summed E-state index contributed by atoms with van der Waals surface area (Å²) in [7, 11) is 0. The zero-order valence-electron chi connectivity index (χ0n) is 15.1. The summed E-state index contributed by atoms with van der Waals surface area (Å²) in [4.78, 5) is 7.13. The fourth-order valence-electron chi connectivity index (χ4n) is 3.61. The van der Waals surface area contributed by atoms with Crippen molar-refractivity contribution in [2.45, 2.75) is 57.7 Å². The van der Waals surface area contributed by atoms with Gasteiger partial charge in [-0.25, -0.2) is 8.78 Å². The number of halogens is 2. The van der Waals surface area contributed by atoms with Crippen LogP contribution in [0.4, 0.5) is 8.78 Å². The molecule has 0 spiro atoms. The number of hydrogen-bond acceptors (Lipinski definition) is 2. The van der Waals surface area contributed by atoms with E-state index in [0.29, 0.717) is 30.6 Å². The van der Waals surface area contributed by atoms with Gasteiger partial charge in [-0.1, -0.05) is 0 Å². The van der Waals surface area contributed by atoms with Crippen molar-refractivity contribution >= 4 is 5.96 Å². The molecule has 4 nitrogen and oxygen atoms in total. The van der Waals surface area contributed by atoms with Crippen molar-refractivity contribution in [3.63, 3.8) is 0 Å². The summed E-state index contributed by atoms with van der Waals surface area (Å²) in [5.74, 6) is -0.0288. The van der Waals surface area contributed by atoms with E-state index in [1.807, 2.05) is 6.92 Å². The van der Waals surface area contributed by atoms with Gasteiger partial charge >= 0.3 is 0 Å². The van der Waals surface area contributed by atoms with E-state index in [1.165, 1.54) is 25.0 Å². The van der Waals surface area contributed by atoms with E-state index in [-0.39, 0.29) is 5.82 Å². The highest BCUT2D eigenvalue weighted by Crippen LogP contribution is 2.33. The highest BCUT2D eigenvalue weighted by Gasteiger charge is 2.38. The molecule has 0 aromatic heterocycles. The Morgan fingerprint density at radius 1 is 1.32 bits per heavy atom. The molecule has 2 N–H and O–H groups in total. The topological polar surface area (TPSA) is 39.7 Å². The molecule has 0 amide bonds. The van der Waals surface area contributed by atoms with Crippen molar-refractivity contribution in [3.8, 4) is 0 Å². The lowest BCUT2D eigenvalue weighted by Crippen LogP contribution is -2.44. The second kappa shape index (κ2) is 8.13. The van der Waals surface area contributed by atoms with E-state index in [9.17, 15) is 8.78 Å². The summed E-state index contributed by atoms with van der Waals surface area (Å²) >= 11 is 0. The minimum absolute atomic E-state index is 0.369. The highest BCUT2D eigenvalue weighted by molar-refractivity contribution is 5.80. The van der Waals surface area contributed by atoms with Crippen molar-refractivity contribution in [2.75, 3.05) is 19.6 Å². The Hall–Kier alpha value is -1.69. The summed E-state index contributed by atoms with van der Waals surface area (Å²) in [6.45, 7) is 6.56. The fourth-order valence-corrected chi connectivity index (χ4v) is 3.61. The Bertz CT molecular complexity index is 615. The molecule has 1 aromatic rings. The lowest BCUT2D eigenvalue weighted by molar-refractivity contribution is 0.256. The molecule has 1 heterocycles. The highest BCUT2D eigenvalue weighted by atomic mass is 19.1. The summed E-state index contributed by atoms with van der Waals surface area (Å²) in [5, 5.41) is 6.75. The molecular weight excluding hydrogens is 322 g/mol. The van der Waals surface area contributed by atoms with Crippen LogP contribution < -0.4 is 10.6 Å². The third-order valence-electron chi connectivity index (χ3n) is 4.98. The minimum atomic E-state index is -0.412. The van der Waals surface area contributed by atoms with Crippen molar-refractivity contribution in [1.82, 2.24) is 15.5 Å². The Morgan fingerprint density at radius 3 is 2.84 bits per heavy atom. The van der Waals surface area contributed by atoms with E-state index < -0.39 is 5.82 Å². The van der Waals surface area contributed by atoms with Crippen LogP contribution in [0.3, 0.4) is 0 Å². The van der Waals surface area contributed by atoms with Gasteiger partial charge in [0.15, 0.2) is 5.96 Å². The summed E-state index contributed by atoms with van der Waals surface area (Å²) in [6, 6.07) is 5.33. The monoisotopic (exact) mass is 350 g/mol. The fraction of sp³-hybridized carbons (Fsp3) is 0.632. The lowest BCUT2D eigenvalue weighted by atomic mass is 10.1. The maximum atomic E-state index is 13.7. The molecule has 2 fully saturated rings. The van der Waals surface area contributed by atoms with Gasteiger partial charge in [0.1, 0.15) is 11.6 Å². The third kappa shape index (κ3) is 4.91. The van der Waals surface area contributed by atoms with Crippen LogP contribution >= 0.6 is 0 Å². The SMILES string of the molecule is CCNC(=NCCc1cc(F)ccc1F)NC1CC(C)N(C2CC2)C1. The van der Waals surface area contributed by atoms with Crippen LogP contribution in [0.15, 0.2) is 23.2 Å². The van der Waals surface area contributed by atoms with E-state index in [1.54, 1.807) is 0 Å². The molecule has 1 aliphatic carbocycles. The van der Waals surface area contributed by atoms with Gasteiger partial charge in [-0.15, -0.1) is 0 Å². The first kappa shape index (κ1) is 18.1. The molecule has 0 bridgehead atoms. The standard InChI is InChI=1S/C19H28F2N4/c1-3-22-19(23-9-8-14-11-15(20)4-7-18(14)21)24-16-10-13(2)25(12-16)17-5-6-17/h4,7,11,13,16-17H,3,5-6,8-10,12H2,1-2H3,(H2,22,23,24). The van der Waals surface area contributed by atoms with E-state index in [4.69, 9.17) is 0 Å². The van der Waals surface area contributed by atoms with E-state index in [0.717, 1.165) is 37.6 Å². The predicted molar refractivity (Wildman–Crippen MR) is 96.8 cm³/mol. The number of benzene rings is 1. The van der Waals surface area contributed by atoms with Gasteiger partial charge < -0.3 is 10.6 Å². The molecule has 1 saturated heterocycles. The first-order valence-corrected chi connectivity index (χ1v) is 9.31. The predicted octanol–water partition coefficient (Wildman–Crippen LogP) is 2.69. The average Bonchev–Trinajstić information content (AvgIpc) is 3.35. The summed E-state index contributed by atoms with van der Waals surface area (Å²) in [5.41, 5.74) is 0.369. The molecule has 1 aliphatic heterocycles. The molecule has 0 radical (unpaired) electrons. The molecule has 6 heteroatoms. The number of rotatable bonds is 6. The largest absolute Gasteiger partial charge is 0.357 e. The number of nitrogens with zero attached hydrogens (tertiary/aromatic N) is 2. The van der Waals surface area contributed by atoms with Crippen molar-refractivity contribution < 1.29 is 8.78 Å². The number of aliphatic imine (C=N–C) groups is 1.